The number of aromatic nitrogens is 5. The molecule has 1 fully saturated rings. The maximum Gasteiger partial charge on any atom is 0.225 e. The lowest BCUT2D eigenvalue weighted by Gasteiger charge is -2.36. The normalized spacial score (nSPS) is 15.2. The van der Waals surface area contributed by atoms with E-state index in [1.165, 1.54) is 12.1 Å². The summed E-state index contributed by atoms with van der Waals surface area (Å²) in [5.41, 5.74) is 4.44. The van der Waals surface area contributed by atoms with Crippen molar-refractivity contribution in [3.05, 3.63) is 84.0 Å². The van der Waals surface area contributed by atoms with E-state index in [4.69, 9.17) is 5.41 Å². The molecule has 1 aromatic carbocycles. The van der Waals surface area contributed by atoms with Crippen LogP contribution in [0.3, 0.4) is 0 Å². The number of halogens is 1. The van der Waals surface area contributed by atoms with E-state index >= 15 is 0 Å². The van der Waals surface area contributed by atoms with Crippen molar-refractivity contribution in [3.8, 4) is 11.1 Å². The Bertz CT molecular complexity index is 1370. The minimum absolute atomic E-state index is 0.122. The van der Waals surface area contributed by atoms with Gasteiger partial charge < -0.3 is 19.9 Å². The van der Waals surface area contributed by atoms with Gasteiger partial charge in [-0.2, -0.15) is 5.10 Å². The van der Waals surface area contributed by atoms with Crippen molar-refractivity contribution in [2.24, 2.45) is 12.0 Å². The molecule has 0 unspecified atom stereocenters. The molecule has 4 aromatic rings. The highest BCUT2D eigenvalue weighted by atomic mass is 19.1. The summed E-state index contributed by atoms with van der Waals surface area (Å²) in [5, 5.41) is 21.7. The first-order valence-electron chi connectivity index (χ1n) is 12.0. The number of rotatable bonds is 7. The van der Waals surface area contributed by atoms with Gasteiger partial charge in [0.2, 0.25) is 5.95 Å². The van der Waals surface area contributed by atoms with E-state index in [0.717, 1.165) is 34.3 Å². The van der Waals surface area contributed by atoms with Crippen molar-refractivity contribution >= 4 is 18.1 Å². The maximum atomic E-state index is 13.3. The number of aliphatic hydroxyl groups excluding tert-OH is 1. The molecule has 1 aliphatic rings. The van der Waals surface area contributed by atoms with Crippen LogP contribution in [0.4, 0.5) is 10.3 Å². The topological polar surface area (TPSA) is 122 Å². The van der Waals surface area contributed by atoms with Gasteiger partial charge in [-0.3, -0.25) is 10.1 Å². The Morgan fingerprint density at radius 3 is 2.46 bits per heavy atom. The molecule has 37 heavy (non-hydrogen) atoms. The second-order valence-electron chi connectivity index (χ2n) is 8.86. The number of amidine groups is 1. The van der Waals surface area contributed by atoms with Gasteiger partial charge in [-0.05, 0) is 29.3 Å². The fourth-order valence-electron chi connectivity index (χ4n) is 4.53. The van der Waals surface area contributed by atoms with Gasteiger partial charge in [0.15, 0.2) is 5.84 Å². The number of hydrogen-bond donors (Lipinski definition) is 3. The highest BCUT2D eigenvalue weighted by Gasteiger charge is 2.24. The van der Waals surface area contributed by atoms with Gasteiger partial charge in [-0.1, -0.05) is 12.1 Å². The maximum absolute atomic E-state index is 13.3. The molecule has 1 saturated heterocycles. The fourth-order valence-corrected chi connectivity index (χ4v) is 4.53. The number of benzene rings is 1. The minimum Gasteiger partial charge on any atom is -0.395 e. The molecular formula is C26H28FN9O. The summed E-state index contributed by atoms with van der Waals surface area (Å²) in [7, 11) is 1.88. The number of anilines is 1. The number of aliphatic imine (C=N–C) groups is 1. The third kappa shape index (κ3) is 5.26. The van der Waals surface area contributed by atoms with E-state index in [0.29, 0.717) is 38.0 Å². The van der Waals surface area contributed by atoms with E-state index in [9.17, 15) is 9.50 Å². The highest BCUT2D eigenvalue weighted by Crippen LogP contribution is 2.25. The van der Waals surface area contributed by atoms with E-state index in [2.05, 4.69) is 34.8 Å². The molecule has 190 valence electrons. The molecule has 3 aromatic heterocycles. The third-order valence-electron chi connectivity index (χ3n) is 6.53. The number of aryl methyl sites for hydroxylation is 1. The Balaban J connectivity index is 1.25. The predicted molar refractivity (Wildman–Crippen MR) is 139 cm³/mol. The zero-order valence-electron chi connectivity index (χ0n) is 20.4. The number of nitrogens with one attached hydrogen (secondary N) is 2. The van der Waals surface area contributed by atoms with Crippen LogP contribution in [0, 0.1) is 11.2 Å². The number of H-pyrrole nitrogens is 1. The van der Waals surface area contributed by atoms with Crippen LogP contribution in [0.2, 0.25) is 0 Å². The number of hydrogen-bond acceptors (Lipinski definition) is 6. The monoisotopic (exact) mass is 501 g/mol. The van der Waals surface area contributed by atoms with Crippen LogP contribution in [0.1, 0.15) is 22.7 Å². The quantitative estimate of drug-likeness (QED) is 0.264. The van der Waals surface area contributed by atoms with Crippen LogP contribution in [0.15, 0.2) is 66.3 Å². The van der Waals surface area contributed by atoms with Crippen molar-refractivity contribution < 1.29 is 9.50 Å². The van der Waals surface area contributed by atoms with Crippen LogP contribution in [0.5, 0.6) is 0 Å². The molecular weight excluding hydrogens is 473 g/mol. The average Bonchev–Trinajstić information content (AvgIpc) is 3.59. The molecule has 0 saturated carbocycles. The van der Waals surface area contributed by atoms with Gasteiger partial charge in [-0.15, -0.1) is 0 Å². The first kappa shape index (κ1) is 24.3. The molecule has 0 amide bonds. The molecule has 0 radical (unpaired) electrons. The van der Waals surface area contributed by atoms with Crippen LogP contribution < -0.4 is 4.90 Å². The molecule has 0 bridgehead atoms. The Morgan fingerprint density at radius 2 is 1.84 bits per heavy atom. The molecule has 4 heterocycles. The summed E-state index contributed by atoms with van der Waals surface area (Å²) >= 11 is 0. The molecule has 10 nitrogen and oxygen atoms in total. The van der Waals surface area contributed by atoms with Gasteiger partial charge in [0.1, 0.15) is 12.2 Å². The number of nitrogens with zero attached hydrogens (tertiary/aromatic N) is 7. The smallest absolute Gasteiger partial charge is 0.225 e. The lowest BCUT2D eigenvalue weighted by Crippen LogP contribution is -2.49. The summed E-state index contributed by atoms with van der Waals surface area (Å²) in [6, 6.07) is 8.12. The molecule has 0 spiro atoms. The number of aromatic amines is 1. The molecule has 1 atom stereocenters. The lowest BCUT2D eigenvalue weighted by molar-refractivity contribution is 0.280. The summed E-state index contributed by atoms with van der Waals surface area (Å²) in [6.45, 7) is 2.63. The standard InChI is InChI=1S/C26H28FN9O/c1-34-15-21(14-33-34)19-10-24(29-11-19)25(32-17-28)35-6-8-36(9-7-35)26-30-12-20(13-31-26)23(16-37)18-2-4-22(27)5-3-18/h2-5,10-15,17,23,28-29,37H,6-9,16H2,1H3/b28-17?,32-25+/t23-/m0/s1. The van der Waals surface area contributed by atoms with Crippen molar-refractivity contribution in [1.29, 1.82) is 5.41 Å². The van der Waals surface area contributed by atoms with Gasteiger partial charge in [0, 0.05) is 75.1 Å². The SMILES string of the molecule is Cn1cc(-c2c[nH]c(/C(=N\C=N)N3CCN(c4ncc([C@@H](CO)c5ccc(F)cc5)cn4)CC3)c2)cn1. The first-order valence-corrected chi connectivity index (χ1v) is 12.0. The lowest BCUT2D eigenvalue weighted by atomic mass is 9.94. The second kappa shape index (κ2) is 10.7. The van der Waals surface area contributed by atoms with Crippen molar-refractivity contribution in [2.45, 2.75) is 5.92 Å². The number of aliphatic hydroxyl groups is 1. The Morgan fingerprint density at radius 1 is 1.11 bits per heavy atom. The van der Waals surface area contributed by atoms with Crippen molar-refractivity contribution in [3.63, 3.8) is 0 Å². The van der Waals surface area contributed by atoms with Gasteiger partial charge >= 0.3 is 0 Å². The predicted octanol–water partition coefficient (Wildman–Crippen LogP) is 2.64. The van der Waals surface area contributed by atoms with Crippen LogP contribution in [-0.2, 0) is 7.05 Å². The van der Waals surface area contributed by atoms with Gasteiger partial charge in [0.05, 0.1) is 18.5 Å². The van der Waals surface area contributed by atoms with Crippen molar-refractivity contribution in [1.82, 2.24) is 29.6 Å². The summed E-state index contributed by atoms with van der Waals surface area (Å²) in [6.07, 6.45) is 10.2. The van der Waals surface area contributed by atoms with E-state index in [1.807, 2.05) is 31.7 Å². The molecule has 11 heteroatoms. The molecule has 3 N–H and O–H groups in total. The van der Waals surface area contributed by atoms with E-state index in [-0.39, 0.29) is 18.3 Å². The van der Waals surface area contributed by atoms with E-state index in [1.54, 1.807) is 29.2 Å². The number of piperazine rings is 1. The minimum atomic E-state index is -0.316. The summed E-state index contributed by atoms with van der Waals surface area (Å²) in [4.78, 5) is 21.0. The molecule has 5 rings (SSSR count). The summed E-state index contributed by atoms with van der Waals surface area (Å²) in [5.74, 6) is 0.698. The Kier molecular flexibility index (Phi) is 7.04. The van der Waals surface area contributed by atoms with E-state index < -0.39 is 0 Å². The molecule has 0 aliphatic carbocycles. The largest absolute Gasteiger partial charge is 0.395 e. The highest BCUT2D eigenvalue weighted by molar-refractivity contribution is 6.01. The third-order valence-corrected chi connectivity index (χ3v) is 6.53. The molecule has 1 aliphatic heterocycles. The fraction of sp³-hybridized carbons (Fsp3) is 0.269. The second-order valence-corrected chi connectivity index (χ2v) is 8.86. The Labute approximate surface area is 213 Å². The van der Waals surface area contributed by atoms with Crippen molar-refractivity contribution in [2.75, 3.05) is 37.7 Å². The average molecular weight is 502 g/mol. The van der Waals surface area contributed by atoms with Crippen LogP contribution in [0.25, 0.3) is 11.1 Å². The summed E-state index contributed by atoms with van der Waals surface area (Å²) < 4.78 is 15.0. The van der Waals surface area contributed by atoms with Crippen LogP contribution in [-0.4, -0.2) is 79.7 Å². The van der Waals surface area contributed by atoms with Gasteiger partial charge in [-0.25, -0.2) is 19.4 Å². The first-order chi connectivity index (χ1) is 18.1. The Hall–Kier alpha value is -4.38. The van der Waals surface area contributed by atoms with Crippen LogP contribution >= 0.6 is 0 Å². The van der Waals surface area contributed by atoms with Gasteiger partial charge in [0.25, 0.3) is 0 Å². The zero-order chi connectivity index (χ0) is 25.8. The zero-order valence-corrected chi connectivity index (χ0v) is 20.4.